The van der Waals surface area contributed by atoms with Crippen molar-refractivity contribution in [3.8, 4) is 0 Å². The van der Waals surface area contributed by atoms with E-state index in [0.717, 1.165) is 9.47 Å². The molecule has 118 valence electrons. The van der Waals surface area contributed by atoms with Gasteiger partial charge in [0.15, 0.2) is 4.34 Å². The molecule has 2 amide bonds. The van der Waals surface area contributed by atoms with Crippen molar-refractivity contribution in [1.82, 2.24) is 15.1 Å². The van der Waals surface area contributed by atoms with Crippen LogP contribution in [0.5, 0.6) is 0 Å². The molecule has 2 heterocycles. The van der Waals surface area contributed by atoms with Gasteiger partial charge in [0.2, 0.25) is 5.13 Å². The lowest BCUT2D eigenvalue weighted by Crippen LogP contribution is -2.31. The van der Waals surface area contributed by atoms with Gasteiger partial charge in [-0.3, -0.25) is 14.5 Å². The minimum Gasteiger partial charge on any atom is -0.357 e. The van der Waals surface area contributed by atoms with Gasteiger partial charge in [-0.2, -0.15) is 0 Å². The van der Waals surface area contributed by atoms with Gasteiger partial charge in [0.05, 0.1) is 11.1 Å². The molecular weight excluding hydrogens is 332 g/mol. The lowest BCUT2D eigenvalue weighted by Gasteiger charge is -2.12. The van der Waals surface area contributed by atoms with Gasteiger partial charge < -0.3 is 5.32 Å². The molecule has 6 nitrogen and oxygen atoms in total. The number of imide groups is 1. The number of carbonyl (C=O) groups excluding carboxylic acids is 2. The second kappa shape index (κ2) is 5.93. The summed E-state index contributed by atoms with van der Waals surface area (Å²) >= 11 is 3.03. The fourth-order valence-electron chi connectivity index (χ4n) is 2.40. The van der Waals surface area contributed by atoms with E-state index in [1.807, 2.05) is 0 Å². The molecule has 0 saturated heterocycles. The molecule has 8 heteroatoms. The third-order valence-electron chi connectivity index (χ3n) is 3.73. The summed E-state index contributed by atoms with van der Waals surface area (Å²) in [4.78, 5) is 25.8. The van der Waals surface area contributed by atoms with Crippen LogP contribution in [0.15, 0.2) is 28.6 Å². The largest absolute Gasteiger partial charge is 0.357 e. The number of anilines is 1. The Balaban J connectivity index is 1.34. The standard InChI is InChI=1S/C15H14N4O2S2/c20-12-10-3-1-2-4-11(10)13(21)19(12)7-8-22-15-18-17-14(23-15)16-9-5-6-9/h1-4,9H,5-8H2,(H,16,17). The van der Waals surface area contributed by atoms with E-state index in [1.165, 1.54) is 40.8 Å². The summed E-state index contributed by atoms with van der Waals surface area (Å²) in [7, 11) is 0. The third-order valence-corrected chi connectivity index (χ3v) is 5.70. The number of hydrogen-bond donors (Lipinski definition) is 1. The molecule has 1 N–H and O–H groups in total. The van der Waals surface area contributed by atoms with Crippen LogP contribution < -0.4 is 5.32 Å². The average molecular weight is 346 g/mol. The Morgan fingerprint density at radius 3 is 2.52 bits per heavy atom. The zero-order valence-corrected chi connectivity index (χ0v) is 13.8. The molecule has 23 heavy (non-hydrogen) atoms. The van der Waals surface area contributed by atoms with Crippen molar-refractivity contribution in [3.63, 3.8) is 0 Å². The molecule has 1 aromatic carbocycles. The molecule has 1 aromatic heterocycles. The third kappa shape index (κ3) is 2.96. The number of thioether (sulfide) groups is 1. The summed E-state index contributed by atoms with van der Waals surface area (Å²) in [5, 5.41) is 12.4. The number of amides is 2. The van der Waals surface area contributed by atoms with E-state index in [-0.39, 0.29) is 11.8 Å². The molecule has 1 aliphatic carbocycles. The zero-order valence-electron chi connectivity index (χ0n) is 12.2. The predicted octanol–water partition coefficient (Wildman–Crippen LogP) is 2.50. The van der Waals surface area contributed by atoms with Crippen LogP contribution in [0.25, 0.3) is 0 Å². The number of aromatic nitrogens is 2. The quantitative estimate of drug-likeness (QED) is 0.640. The maximum absolute atomic E-state index is 12.2. The number of benzene rings is 1. The average Bonchev–Trinajstić information content (AvgIpc) is 3.21. The second-order valence-corrected chi connectivity index (χ2v) is 7.77. The van der Waals surface area contributed by atoms with Gasteiger partial charge in [-0.15, -0.1) is 10.2 Å². The van der Waals surface area contributed by atoms with Crippen LogP contribution in [0.2, 0.25) is 0 Å². The first-order valence-electron chi connectivity index (χ1n) is 7.40. The van der Waals surface area contributed by atoms with Gasteiger partial charge in [0, 0.05) is 18.3 Å². The number of rotatable bonds is 6. The molecule has 4 rings (SSSR count). The highest BCUT2D eigenvalue weighted by molar-refractivity contribution is 8.01. The van der Waals surface area contributed by atoms with Crippen molar-refractivity contribution < 1.29 is 9.59 Å². The van der Waals surface area contributed by atoms with Gasteiger partial charge in [0.1, 0.15) is 0 Å². The summed E-state index contributed by atoms with van der Waals surface area (Å²) in [5.41, 5.74) is 0.990. The highest BCUT2D eigenvalue weighted by atomic mass is 32.2. The molecule has 1 saturated carbocycles. The van der Waals surface area contributed by atoms with Crippen LogP contribution >= 0.6 is 23.1 Å². The van der Waals surface area contributed by atoms with Gasteiger partial charge in [-0.25, -0.2) is 0 Å². The maximum atomic E-state index is 12.2. The van der Waals surface area contributed by atoms with Crippen molar-refractivity contribution in [1.29, 1.82) is 0 Å². The first-order chi connectivity index (χ1) is 11.2. The first kappa shape index (κ1) is 14.6. The smallest absolute Gasteiger partial charge is 0.261 e. The molecule has 2 aliphatic rings. The highest BCUT2D eigenvalue weighted by Crippen LogP contribution is 2.30. The number of fused-ring (bicyclic) bond motifs is 1. The van der Waals surface area contributed by atoms with Gasteiger partial charge in [-0.05, 0) is 25.0 Å². The maximum Gasteiger partial charge on any atom is 0.261 e. The Morgan fingerprint density at radius 2 is 1.87 bits per heavy atom. The summed E-state index contributed by atoms with van der Waals surface area (Å²) in [6.45, 7) is 0.377. The van der Waals surface area contributed by atoms with Gasteiger partial charge in [0.25, 0.3) is 11.8 Å². The first-order valence-corrected chi connectivity index (χ1v) is 9.20. The Kier molecular flexibility index (Phi) is 3.78. The normalized spacial score (nSPS) is 16.8. The van der Waals surface area contributed by atoms with Gasteiger partial charge >= 0.3 is 0 Å². The van der Waals surface area contributed by atoms with Crippen LogP contribution in [0.3, 0.4) is 0 Å². The fourth-order valence-corrected chi connectivity index (χ4v) is 4.22. The van der Waals surface area contributed by atoms with Crippen LogP contribution in [0, 0.1) is 0 Å². The van der Waals surface area contributed by atoms with Crippen LogP contribution in [-0.2, 0) is 0 Å². The zero-order chi connectivity index (χ0) is 15.8. The Labute approximate surface area is 141 Å². The minimum absolute atomic E-state index is 0.209. The van der Waals surface area contributed by atoms with E-state index in [1.54, 1.807) is 24.3 Å². The summed E-state index contributed by atoms with van der Waals surface area (Å²) in [5.74, 6) is 0.197. The van der Waals surface area contributed by atoms with E-state index in [0.29, 0.717) is 29.5 Å². The van der Waals surface area contributed by atoms with Crippen molar-refractivity contribution in [2.75, 3.05) is 17.6 Å². The molecule has 1 aliphatic heterocycles. The van der Waals surface area contributed by atoms with E-state index < -0.39 is 0 Å². The molecule has 0 radical (unpaired) electrons. The summed E-state index contributed by atoms with van der Waals surface area (Å²) < 4.78 is 0.852. The monoisotopic (exact) mass is 346 g/mol. The summed E-state index contributed by atoms with van der Waals surface area (Å²) in [6, 6.07) is 7.50. The topological polar surface area (TPSA) is 75.2 Å². The van der Waals surface area contributed by atoms with Crippen molar-refractivity contribution in [3.05, 3.63) is 35.4 Å². The molecule has 0 spiro atoms. The van der Waals surface area contributed by atoms with Crippen molar-refractivity contribution in [2.24, 2.45) is 0 Å². The summed E-state index contributed by atoms with van der Waals surface area (Å²) in [6.07, 6.45) is 2.39. The van der Waals surface area contributed by atoms with Crippen molar-refractivity contribution in [2.45, 2.75) is 23.2 Å². The SMILES string of the molecule is O=C1c2ccccc2C(=O)N1CCSc1nnc(NC2CC2)s1. The van der Waals surface area contributed by atoms with E-state index >= 15 is 0 Å². The molecule has 1 fully saturated rings. The molecular formula is C15H14N4O2S2. The molecule has 0 unspecified atom stereocenters. The highest BCUT2D eigenvalue weighted by Gasteiger charge is 2.34. The molecule has 0 bridgehead atoms. The molecule has 2 aromatic rings. The van der Waals surface area contributed by atoms with Crippen LogP contribution in [-0.4, -0.2) is 45.3 Å². The lowest BCUT2D eigenvalue weighted by molar-refractivity contribution is 0.0664. The number of carbonyl (C=O) groups is 2. The van der Waals surface area contributed by atoms with Crippen LogP contribution in [0.4, 0.5) is 5.13 Å². The molecule has 0 atom stereocenters. The van der Waals surface area contributed by atoms with Crippen LogP contribution in [0.1, 0.15) is 33.6 Å². The number of nitrogens with one attached hydrogen (secondary N) is 1. The van der Waals surface area contributed by atoms with E-state index in [2.05, 4.69) is 15.5 Å². The Morgan fingerprint density at radius 1 is 1.17 bits per heavy atom. The van der Waals surface area contributed by atoms with Gasteiger partial charge in [-0.1, -0.05) is 35.2 Å². The number of nitrogens with zero attached hydrogens (tertiary/aromatic N) is 3. The van der Waals surface area contributed by atoms with E-state index in [9.17, 15) is 9.59 Å². The predicted molar refractivity (Wildman–Crippen MR) is 89.1 cm³/mol. The fraction of sp³-hybridized carbons (Fsp3) is 0.333. The number of hydrogen-bond acceptors (Lipinski definition) is 7. The van der Waals surface area contributed by atoms with E-state index in [4.69, 9.17) is 0 Å². The van der Waals surface area contributed by atoms with Crippen molar-refractivity contribution >= 4 is 40.0 Å². The minimum atomic E-state index is -0.209. The Hall–Kier alpha value is -1.93. The Bertz CT molecular complexity index is 737. The second-order valence-electron chi connectivity index (χ2n) is 5.45. The lowest BCUT2D eigenvalue weighted by atomic mass is 10.1.